The smallest absolute Gasteiger partial charge is 0.0659 e. The fraction of sp³-hybridized carbons (Fsp3) is 0.625. The number of rotatable bonds is 8. The summed E-state index contributed by atoms with van der Waals surface area (Å²) in [6, 6.07) is 6.42. The van der Waals surface area contributed by atoms with Crippen molar-refractivity contribution in [3.05, 3.63) is 34.9 Å². The van der Waals surface area contributed by atoms with Crippen LogP contribution in [-0.4, -0.2) is 13.2 Å². The number of ether oxygens (including phenoxy) is 1. The summed E-state index contributed by atoms with van der Waals surface area (Å²) in [5, 5.41) is 0. The molecule has 1 atom stereocenters. The zero-order valence-corrected chi connectivity index (χ0v) is 12.0. The third kappa shape index (κ3) is 5.19. The van der Waals surface area contributed by atoms with E-state index < -0.39 is 0 Å². The van der Waals surface area contributed by atoms with Gasteiger partial charge in [-0.3, -0.25) is 0 Å². The molecule has 0 aliphatic carbocycles. The summed E-state index contributed by atoms with van der Waals surface area (Å²) in [4.78, 5) is 0. The molecule has 0 fully saturated rings. The molecule has 0 radical (unpaired) electrons. The first-order chi connectivity index (χ1) is 8.65. The van der Waals surface area contributed by atoms with Gasteiger partial charge < -0.3 is 10.5 Å². The highest BCUT2D eigenvalue weighted by Gasteiger charge is 2.09. The molecule has 0 aromatic heterocycles. The fourth-order valence-electron chi connectivity index (χ4n) is 2.09. The molecule has 0 amide bonds. The maximum atomic E-state index is 6.18. The predicted molar refractivity (Wildman–Crippen MR) is 77.8 cm³/mol. The lowest BCUT2D eigenvalue weighted by Gasteiger charge is -2.15. The lowest BCUT2D eigenvalue weighted by atomic mass is 10.00. The van der Waals surface area contributed by atoms with Gasteiger partial charge in [0.15, 0.2) is 0 Å². The normalized spacial score (nSPS) is 12.7. The van der Waals surface area contributed by atoms with E-state index in [2.05, 4.69) is 39.0 Å². The summed E-state index contributed by atoms with van der Waals surface area (Å²) >= 11 is 0. The van der Waals surface area contributed by atoms with E-state index in [4.69, 9.17) is 10.5 Å². The van der Waals surface area contributed by atoms with Crippen molar-refractivity contribution in [2.24, 2.45) is 5.73 Å². The van der Waals surface area contributed by atoms with Crippen LogP contribution in [0.4, 0.5) is 0 Å². The van der Waals surface area contributed by atoms with E-state index in [0.29, 0.717) is 6.61 Å². The summed E-state index contributed by atoms with van der Waals surface area (Å²) in [5.74, 6) is 0. The molecule has 102 valence electrons. The fourth-order valence-corrected chi connectivity index (χ4v) is 2.09. The Balaban J connectivity index is 2.31. The van der Waals surface area contributed by atoms with Gasteiger partial charge in [0.2, 0.25) is 0 Å². The molecule has 1 aromatic carbocycles. The van der Waals surface area contributed by atoms with Gasteiger partial charge in [-0.1, -0.05) is 49.9 Å². The van der Waals surface area contributed by atoms with E-state index in [1.54, 1.807) is 0 Å². The Morgan fingerprint density at radius 3 is 2.67 bits per heavy atom. The van der Waals surface area contributed by atoms with Crippen molar-refractivity contribution in [1.82, 2.24) is 0 Å². The average molecular weight is 249 g/mol. The Kier molecular flexibility index (Phi) is 6.99. The molecule has 1 rings (SSSR count). The third-order valence-corrected chi connectivity index (χ3v) is 3.27. The molecule has 2 nitrogen and oxygen atoms in total. The lowest BCUT2D eigenvalue weighted by Crippen LogP contribution is -2.18. The summed E-state index contributed by atoms with van der Waals surface area (Å²) in [5.41, 5.74) is 9.90. The molecule has 0 aliphatic heterocycles. The summed E-state index contributed by atoms with van der Waals surface area (Å²) in [7, 11) is 0. The molecule has 2 N–H and O–H groups in total. The van der Waals surface area contributed by atoms with E-state index >= 15 is 0 Å². The number of hydrogen-bond donors (Lipinski definition) is 1. The summed E-state index contributed by atoms with van der Waals surface area (Å²) in [6.07, 6.45) is 4.97. The first-order valence-corrected chi connectivity index (χ1v) is 7.05. The van der Waals surface area contributed by atoms with Crippen LogP contribution < -0.4 is 5.73 Å². The van der Waals surface area contributed by atoms with Crippen molar-refractivity contribution in [2.75, 3.05) is 13.2 Å². The van der Waals surface area contributed by atoms with Crippen LogP contribution in [-0.2, 0) is 4.74 Å². The van der Waals surface area contributed by atoms with Crippen LogP contribution in [0.1, 0.15) is 55.3 Å². The van der Waals surface area contributed by atoms with E-state index in [-0.39, 0.29) is 6.04 Å². The maximum Gasteiger partial charge on any atom is 0.0659 e. The number of hydrogen-bond acceptors (Lipinski definition) is 2. The van der Waals surface area contributed by atoms with Gasteiger partial charge in [0, 0.05) is 6.61 Å². The predicted octanol–water partition coefficient (Wildman–Crippen LogP) is 3.90. The standard InChI is InChI=1S/C16H27NO/c1-4-5-6-7-10-18-12-16(17)15-11-13(2)8-9-14(15)3/h8-9,11,16H,4-7,10,12,17H2,1-3H3. The summed E-state index contributed by atoms with van der Waals surface area (Å²) in [6.45, 7) is 7.88. The van der Waals surface area contributed by atoms with Crippen molar-refractivity contribution in [3.63, 3.8) is 0 Å². The highest BCUT2D eigenvalue weighted by atomic mass is 16.5. The van der Waals surface area contributed by atoms with Crippen LogP contribution in [0.15, 0.2) is 18.2 Å². The Hall–Kier alpha value is -0.860. The van der Waals surface area contributed by atoms with E-state index in [9.17, 15) is 0 Å². The van der Waals surface area contributed by atoms with Crippen molar-refractivity contribution in [1.29, 1.82) is 0 Å². The number of benzene rings is 1. The number of nitrogens with two attached hydrogens (primary N) is 1. The molecule has 0 bridgehead atoms. The minimum Gasteiger partial charge on any atom is -0.379 e. The second-order valence-electron chi connectivity index (χ2n) is 5.10. The molecule has 2 heteroatoms. The molecule has 18 heavy (non-hydrogen) atoms. The van der Waals surface area contributed by atoms with Crippen molar-refractivity contribution in [2.45, 2.75) is 52.5 Å². The van der Waals surface area contributed by atoms with Gasteiger partial charge >= 0.3 is 0 Å². The van der Waals surface area contributed by atoms with Crippen LogP contribution in [0.3, 0.4) is 0 Å². The van der Waals surface area contributed by atoms with E-state index in [1.165, 1.54) is 36.0 Å². The zero-order chi connectivity index (χ0) is 13.4. The Labute approximate surface area is 112 Å². The molecule has 0 aliphatic rings. The van der Waals surface area contributed by atoms with Crippen LogP contribution in [0.25, 0.3) is 0 Å². The first kappa shape index (κ1) is 15.2. The topological polar surface area (TPSA) is 35.2 Å². The van der Waals surface area contributed by atoms with Crippen molar-refractivity contribution in [3.8, 4) is 0 Å². The highest BCUT2D eigenvalue weighted by Crippen LogP contribution is 2.17. The molecule has 1 aromatic rings. The van der Waals surface area contributed by atoms with Gasteiger partial charge in [0.25, 0.3) is 0 Å². The number of unbranched alkanes of at least 4 members (excludes halogenated alkanes) is 3. The van der Waals surface area contributed by atoms with Crippen molar-refractivity contribution >= 4 is 0 Å². The van der Waals surface area contributed by atoms with Gasteiger partial charge in [0.05, 0.1) is 12.6 Å². The molecule has 0 saturated heterocycles. The van der Waals surface area contributed by atoms with Crippen LogP contribution >= 0.6 is 0 Å². The number of aryl methyl sites for hydroxylation is 2. The molecular weight excluding hydrogens is 222 g/mol. The molecule has 0 heterocycles. The quantitative estimate of drug-likeness (QED) is 0.709. The van der Waals surface area contributed by atoms with Gasteiger partial charge in [-0.2, -0.15) is 0 Å². The van der Waals surface area contributed by atoms with E-state index in [0.717, 1.165) is 13.0 Å². The van der Waals surface area contributed by atoms with Gasteiger partial charge in [-0.15, -0.1) is 0 Å². The highest BCUT2D eigenvalue weighted by molar-refractivity contribution is 5.32. The second-order valence-corrected chi connectivity index (χ2v) is 5.10. The largest absolute Gasteiger partial charge is 0.379 e. The summed E-state index contributed by atoms with van der Waals surface area (Å²) < 4.78 is 5.67. The van der Waals surface area contributed by atoms with Gasteiger partial charge in [0.1, 0.15) is 0 Å². The Morgan fingerprint density at radius 2 is 1.94 bits per heavy atom. The Morgan fingerprint density at radius 1 is 1.17 bits per heavy atom. The SMILES string of the molecule is CCCCCCOCC(N)c1cc(C)ccc1C. The zero-order valence-electron chi connectivity index (χ0n) is 12.0. The Bertz CT molecular complexity index is 349. The molecular formula is C16H27NO. The minimum absolute atomic E-state index is 0.00363. The molecule has 0 spiro atoms. The van der Waals surface area contributed by atoms with Crippen molar-refractivity contribution < 1.29 is 4.74 Å². The lowest BCUT2D eigenvalue weighted by molar-refractivity contribution is 0.117. The van der Waals surface area contributed by atoms with Gasteiger partial charge in [-0.05, 0) is 31.4 Å². The monoisotopic (exact) mass is 249 g/mol. The van der Waals surface area contributed by atoms with E-state index in [1.807, 2.05) is 0 Å². The minimum atomic E-state index is -0.00363. The van der Waals surface area contributed by atoms with Crippen LogP contribution in [0, 0.1) is 13.8 Å². The first-order valence-electron chi connectivity index (χ1n) is 7.05. The second kappa shape index (κ2) is 8.28. The van der Waals surface area contributed by atoms with Crippen LogP contribution in [0.5, 0.6) is 0 Å². The maximum absolute atomic E-state index is 6.18. The molecule has 0 saturated carbocycles. The van der Waals surface area contributed by atoms with Crippen LogP contribution in [0.2, 0.25) is 0 Å². The van der Waals surface area contributed by atoms with Gasteiger partial charge in [-0.25, -0.2) is 0 Å². The third-order valence-electron chi connectivity index (χ3n) is 3.27. The molecule has 1 unspecified atom stereocenters. The average Bonchev–Trinajstić information content (AvgIpc) is 2.36.